The summed E-state index contributed by atoms with van der Waals surface area (Å²) in [4.78, 5) is 0. The lowest BCUT2D eigenvalue weighted by Gasteiger charge is -1.93. The van der Waals surface area contributed by atoms with Crippen LogP contribution in [0.1, 0.15) is 11.1 Å². The van der Waals surface area contributed by atoms with E-state index in [0.29, 0.717) is 6.54 Å². The van der Waals surface area contributed by atoms with Gasteiger partial charge < -0.3 is 11.5 Å². The smallest absolute Gasteiger partial charge is 0.0904 e. The highest BCUT2D eigenvalue weighted by Crippen LogP contribution is 2.22. The van der Waals surface area contributed by atoms with E-state index in [-0.39, 0.29) is 0 Å². The van der Waals surface area contributed by atoms with Gasteiger partial charge in [-0.25, -0.2) is 0 Å². The van der Waals surface area contributed by atoms with Gasteiger partial charge in [0.25, 0.3) is 0 Å². The standard InChI is InChI=1S/C6H10N2S/c1-4-3-9-6(8)5(4)2-7/h3H,2,7-8H2,1H3. The van der Waals surface area contributed by atoms with Crippen LogP contribution in [-0.4, -0.2) is 0 Å². The molecule has 0 spiro atoms. The molecule has 0 bridgehead atoms. The fraction of sp³-hybridized carbons (Fsp3) is 0.333. The Labute approximate surface area is 58.5 Å². The van der Waals surface area contributed by atoms with Gasteiger partial charge in [-0.3, -0.25) is 0 Å². The van der Waals surface area contributed by atoms with E-state index < -0.39 is 0 Å². The first-order valence-corrected chi connectivity index (χ1v) is 3.66. The molecule has 2 nitrogen and oxygen atoms in total. The third-order valence-corrected chi connectivity index (χ3v) is 2.31. The van der Waals surface area contributed by atoms with Gasteiger partial charge in [0.1, 0.15) is 0 Å². The molecular weight excluding hydrogens is 132 g/mol. The Hall–Kier alpha value is -0.540. The van der Waals surface area contributed by atoms with Crippen LogP contribution in [0.2, 0.25) is 0 Å². The molecule has 1 aromatic heterocycles. The third-order valence-electron chi connectivity index (χ3n) is 1.34. The zero-order valence-corrected chi connectivity index (χ0v) is 6.16. The molecule has 0 amide bonds. The van der Waals surface area contributed by atoms with Crippen molar-refractivity contribution in [3.8, 4) is 0 Å². The molecular formula is C6H10N2S. The van der Waals surface area contributed by atoms with E-state index in [1.165, 1.54) is 5.56 Å². The van der Waals surface area contributed by atoms with Gasteiger partial charge in [-0.05, 0) is 17.9 Å². The quantitative estimate of drug-likeness (QED) is 0.617. The average Bonchev–Trinajstić information content (AvgIpc) is 2.12. The summed E-state index contributed by atoms with van der Waals surface area (Å²) >= 11 is 1.55. The minimum absolute atomic E-state index is 0.557. The molecule has 0 aliphatic heterocycles. The highest BCUT2D eigenvalue weighted by molar-refractivity contribution is 7.14. The highest BCUT2D eigenvalue weighted by Gasteiger charge is 2.01. The Bertz CT molecular complexity index is 185. The predicted molar refractivity (Wildman–Crippen MR) is 41.4 cm³/mol. The Morgan fingerprint density at radius 2 is 2.33 bits per heavy atom. The second-order valence-corrected chi connectivity index (χ2v) is 2.88. The first-order valence-electron chi connectivity index (χ1n) is 2.78. The molecule has 9 heavy (non-hydrogen) atoms. The Kier molecular flexibility index (Phi) is 1.73. The Morgan fingerprint density at radius 3 is 2.56 bits per heavy atom. The zero-order valence-electron chi connectivity index (χ0n) is 5.35. The normalized spacial score (nSPS) is 10.0. The van der Waals surface area contributed by atoms with E-state index in [2.05, 4.69) is 0 Å². The second kappa shape index (κ2) is 2.37. The van der Waals surface area contributed by atoms with Gasteiger partial charge in [-0.1, -0.05) is 0 Å². The van der Waals surface area contributed by atoms with Crippen LogP contribution in [0.4, 0.5) is 5.00 Å². The fourth-order valence-corrected chi connectivity index (χ4v) is 1.58. The molecule has 50 valence electrons. The van der Waals surface area contributed by atoms with Crippen molar-refractivity contribution < 1.29 is 0 Å². The summed E-state index contributed by atoms with van der Waals surface area (Å²) in [6, 6.07) is 0. The van der Waals surface area contributed by atoms with Crippen molar-refractivity contribution in [1.82, 2.24) is 0 Å². The van der Waals surface area contributed by atoms with Crippen molar-refractivity contribution in [2.24, 2.45) is 5.73 Å². The van der Waals surface area contributed by atoms with Crippen LogP contribution in [0.5, 0.6) is 0 Å². The number of nitrogen functional groups attached to an aromatic ring is 1. The third kappa shape index (κ3) is 1.06. The molecule has 0 atom stereocenters. The van der Waals surface area contributed by atoms with E-state index in [4.69, 9.17) is 11.5 Å². The predicted octanol–water partition coefficient (Wildman–Crippen LogP) is 1.10. The second-order valence-electron chi connectivity index (χ2n) is 1.97. The van der Waals surface area contributed by atoms with Crippen LogP contribution in [0.15, 0.2) is 5.38 Å². The number of anilines is 1. The van der Waals surface area contributed by atoms with Crippen molar-refractivity contribution in [2.75, 3.05) is 5.73 Å². The lowest BCUT2D eigenvalue weighted by molar-refractivity contribution is 1.07. The molecule has 0 aliphatic carbocycles. The summed E-state index contributed by atoms with van der Waals surface area (Å²) < 4.78 is 0. The summed E-state index contributed by atoms with van der Waals surface area (Å²) in [6.07, 6.45) is 0. The summed E-state index contributed by atoms with van der Waals surface area (Å²) in [6.45, 7) is 2.58. The minimum Gasteiger partial charge on any atom is -0.390 e. The Balaban J connectivity index is 3.07. The first-order chi connectivity index (χ1) is 4.25. The van der Waals surface area contributed by atoms with Gasteiger partial charge in [0, 0.05) is 12.1 Å². The molecule has 0 saturated carbocycles. The molecule has 1 heterocycles. The van der Waals surface area contributed by atoms with E-state index in [1.54, 1.807) is 11.3 Å². The van der Waals surface area contributed by atoms with Crippen molar-refractivity contribution in [1.29, 1.82) is 0 Å². The van der Waals surface area contributed by atoms with Gasteiger partial charge in [-0.2, -0.15) is 0 Å². The first kappa shape index (κ1) is 6.58. The maximum Gasteiger partial charge on any atom is 0.0904 e. The maximum absolute atomic E-state index is 5.59. The van der Waals surface area contributed by atoms with Gasteiger partial charge in [0.2, 0.25) is 0 Å². The van der Waals surface area contributed by atoms with Crippen LogP contribution in [0, 0.1) is 6.92 Å². The van der Waals surface area contributed by atoms with Crippen LogP contribution in [0.3, 0.4) is 0 Å². The number of nitrogens with two attached hydrogens (primary N) is 2. The maximum atomic E-state index is 5.59. The molecule has 0 fully saturated rings. The molecule has 0 radical (unpaired) electrons. The number of rotatable bonds is 1. The van der Waals surface area contributed by atoms with Gasteiger partial charge in [-0.15, -0.1) is 11.3 Å². The summed E-state index contributed by atoms with van der Waals surface area (Å²) in [5.74, 6) is 0. The summed E-state index contributed by atoms with van der Waals surface area (Å²) in [7, 11) is 0. The SMILES string of the molecule is Cc1csc(N)c1CN. The zero-order chi connectivity index (χ0) is 6.85. The largest absolute Gasteiger partial charge is 0.390 e. The lowest BCUT2D eigenvalue weighted by Crippen LogP contribution is -1.99. The van der Waals surface area contributed by atoms with E-state index in [1.807, 2.05) is 12.3 Å². The molecule has 0 saturated heterocycles. The molecule has 1 rings (SSSR count). The van der Waals surface area contributed by atoms with Crippen molar-refractivity contribution >= 4 is 16.3 Å². The molecule has 1 aromatic rings. The van der Waals surface area contributed by atoms with Crippen LogP contribution < -0.4 is 11.5 Å². The number of aryl methyl sites for hydroxylation is 1. The number of thiophene rings is 1. The van der Waals surface area contributed by atoms with Gasteiger partial charge in [0.05, 0.1) is 5.00 Å². The summed E-state index contributed by atoms with van der Waals surface area (Å²) in [5.41, 5.74) is 13.3. The lowest BCUT2D eigenvalue weighted by atomic mass is 10.2. The van der Waals surface area contributed by atoms with Crippen LogP contribution in [0.25, 0.3) is 0 Å². The van der Waals surface area contributed by atoms with Gasteiger partial charge >= 0.3 is 0 Å². The van der Waals surface area contributed by atoms with Crippen molar-refractivity contribution in [2.45, 2.75) is 13.5 Å². The van der Waals surface area contributed by atoms with E-state index in [0.717, 1.165) is 10.6 Å². The summed E-state index contributed by atoms with van der Waals surface area (Å²) in [5, 5.41) is 2.88. The average molecular weight is 142 g/mol. The topological polar surface area (TPSA) is 52.0 Å². The van der Waals surface area contributed by atoms with Crippen molar-refractivity contribution in [3.63, 3.8) is 0 Å². The Morgan fingerprint density at radius 1 is 1.67 bits per heavy atom. The van der Waals surface area contributed by atoms with E-state index in [9.17, 15) is 0 Å². The van der Waals surface area contributed by atoms with Crippen LogP contribution in [-0.2, 0) is 6.54 Å². The molecule has 0 aromatic carbocycles. The minimum atomic E-state index is 0.557. The monoisotopic (exact) mass is 142 g/mol. The fourth-order valence-electron chi connectivity index (χ4n) is 0.750. The van der Waals surface area contributed by atoms with Crippen molar-refractivity contribution in [3.05, 3.63) is 16.5 Å². The molecule has 4 N–H and O–H groups in total. The highest BCUT2D eigenvalue weighted by atomic mass is 32.1. The molecule has 0 aliphatic rings. The van der Waals surface area contributed by atoms with Crippen LogP contribution >= 0.6 is 11.3 Å². The molecule has 0 unspecified atom stereocenters. The van der Waals surface area contributed by atoms with Gasteiger partial charge in [0.15, 0.2) is 0 Å². The number of hydrogen-bond acceptors (Lipinski definition) is 3. The van der Waals surface area contributed by atoms with E-state index >= 15 is 0 Å². The molecule has 3 heteroatoms. The number of hydrogen-bond donors (Lipinski definition) is 2.